The number of rotatable bonds is 5. The van der Waals surface area contributed by atoms with Crippen molar-refractivity contribution in [3.8, 4) is 0 Å². The number of nitrogens with zero attached hydrogens (tertiary/aromatic N) is 3. The monoisotopic (exact) mass is 195 g/mol. The van der Waals surface area contributed by atoms with E-state index in [0.29, 0.717) is 5.92 Å². The molecule has 1 rings (SSSR count). The number of aryl methyl sites for hydroxylation is 2. The Balaban J connectivity index is 2.72. The van der Waals surface area contributed by atoms with Crippen LogP contribution in [0.3, 0.4) is 0 Å². The summed E-state index contributed by atoms with van der Waals surface area (Å²) < 4.78 is 1.93. The van der Waals surface area contributed by atoms with Gasteiger partial charge in [-0.05, 0) is 19.8 Å². The molecule has 1 aromatic heterocycles. The zero-order chi connectivity index (χ0) is 10.6. The molecule has 1 aromatic rings. The lowest BCUT2D eigenvalue weighted by Crippen LogP contribution is -2.06. The van der Waals surface area contributed by atoms with Gasteiger partial charge < -0.3 is 0 Å². The van der Waals surface area contributed by atoms with Crippen molar-refractivity contribution >= 4 is 0 Å². The molecule has 0 aliphatic heterocycles. The van der Waals surface area contributed by atoms with Crippen LogP contribution in [0.5, 0.6) is 0 Å². The van der Waals surface area contributed by atoms with E-state index in [4.69, 9.17) is 0 Å². The first-order valence-corrected chi connectivity index (χ1v) is 5.56. The largest absolute Gasteiger partial charge is 0.253 e. The molecule has 3 heteroatoms. The van der Waals surface area contributed by atoms with Gasteiger partial charge in [0.15, 0.2) is 0 Å². The number of aromatic nitrogens is 3. The van der Waals surface area contributed by atoms with Crippen molar-refractivity contribution < 1.29 is 0 Å². The molecule has 1 atom stereocenters. The van der Waals surface area contributed by atoms with E-state index >= 15 is 0 Å². The van der Waals surface area contributed by atoms with Gasteiger partial charge in [-0.15, -0.1) is 0 Å². The first kappa shape index (κ1) is 11.2. The van der Waals surface area contributed by atoms with Crippen LogP contribution in [-0.2, 0) is 7.05 Å². The van der Waals surface area contributed by atoms with Crippen LogP contribution in [-0.4, -0.2) is 14.8 Å². The van der Waals surface area contributed by atoms with E-state index in [0.717, 1.165) is 18.1 Å². The van der Waals surface area contributed by atoms with Crippen LogP contribution in [0.15, 0.2) is 0 Å². The highest BCUT2D eigenvalue weighted by Crippen LogP contribution is 2.23. The van der Waals surface area contributed by atoms with Crippen molar-refractivity contribution in [2.24, 2.45) is 7.05 Å². The van der Waals surface area contributed by atoms with Gasteiger partial charge in [0.2, 0.25) is 0 Å². The van der Waals surface area contributed by atoms with Crippen LogP contribution in [0.25, 0.3) is 0 Å². The third-order valence-electron chi connectivity index (χ3n) is 2.67. The topological polar surface area (TPSA) is 30.7 Å². The maximum atomic E-state index is 4.49. The molecular weight excluding hydrogens is 174 g/mol. The van der Waals surface area contributed by atoms with Gasteiger partial charge >= 0.3 is 0 Å². The molecule has 3 nitrogen and oxygen atoms in total. The molecule has 1 unspecified atom stereocenters. The summed E-state index contributed by atoms with van der Waals surface area (Å²) in [5.74, 6) is 2.62. The molecule has 14 heavy (non-hydrogen) atoms. The molecule has 80 valence electrons. The van der Waals surface area contributed by atoms with Crippen LogP contribution >= 0.6 is 0 Å². The fourth-order valence-corrected chi connectivity index (χ4v) is 1.85. The lowest BCUT2D eigenvalue weighted by Gasteiger charge is -2.12. The molecule has 0 saturated carbocycles. The van der Waals surface area contributed by atoms with Crippen LogP contribution < -0.4 is 0 Å². The summed E-state index contributed by atoms with van der Waals surface area (Å²) in [5, 5.41) is 4.29. The fraction of sp³-hybridized carbons (Fsp3) is 0.818. The molecule has 0 aliphatic carbocycles. The zero-order valence-electron chi connectivity index (χ0n) is 9.75. The molecule has 1 heterocycles. The van der Waals surface area contributed by atoms with E-state index in [1.165, 1.54) is 19.3 Å². The van der Waals surface area contributed by atoms with Crippen molar-refractivity contribution in [2.75, 3.05) is 0 Å². The van der Waals surface area contributed by atoms with Gasteiger partial charge in [-0.3, -0.25) is 4.68 Å². The van der Waals surface area contributed by atoms with Gasteiger partial charge in [0.1, 0.15) is 11.6 Å². The Morgan fingerprint density at radius 1 is 1.36 bits per heavy atom. The molecular formula is C11H21N3. The Morgan fingerprint density at radius 2 is 2.07 bits per heavy atom. The second kappa shape index (κ2) is 5.13. The smallest absolute Gasteiger partial charge is 0.147 e. The van der Waals surface area contributed by atoms with E-state index < -0.39 is 0 Å². The van der Waals surface area contributed by atoms with Crippen LogP contribution in [0.2, 0.25) is 0 Å². The molecule has 0 aliphatic rings. The lowest BCUT2D eigenvalue weighted by atomic mass is 9.98. The predicted octanol–water partition coefficient (Wildman–Crippen LogP) is 2.81. The van der Waals surface area contributed by atoms with Crippen molar-refractivity contribution in [3.05, 3.63) is 11.6 Å². The third-order valence-corrected chi connectivity index (χ3v) is 2.67. The SMILES string of the molecule is CCCCC(CC)c1nc(C)nn1C. The number of hydrogen-bond donors (Lipinski definition) is 0. The molecule has 0 spiro atoms. The molecule has 0 saturated heterocycles. The van der Waals surface area contributed by atoms with E-state index in [2.05, 4.69) is 23.9 Å². The summed E-state index contributed by atoms with van der Waals surface area (Å²) in [5.41, 5.74) is 0. The van der Waals surface area contributed by atoms with Gasteiger partial charge in [-0.2, -0.15) is 5.10 Å². The third kappa shape index (κ3) is 2.56. The predicted molar refractivity (Wildman–Crippen MR) is 58.3 cm³/mol. The molecule has 0 amide bonds. The van der Waals surface area contributed by atoms with Crippen molar-refractivity contribution in [2.45, 2.75) is 52.4 Å². The Labute approximate surface area is 86.5 Å². The minimum absolute atomic E-state index is 0.584. The second-order valence-corrected chi connectivity index (χ2v) is 3.89. The van der Waals surface area contributed by atoms with Crippen LogP contribution in [0.4, 0.5) is 0 Å². The summed E-state index contributed by atoms with van der Waals surface area (Å²) in [6, 6.07) is 0. The maximum Gasteiger partial charge on any atom is 0.147 e. The average molecular weight is 195 g/mol. The zero-order valence-corrected chi connectivity index (χ0v) is 9.75. The summed E-state index contributed by atoms with van der Waals surface area (Å²) in [7, 11) is 1.99. The standard InChI is InChI=1S/C11H21N3/c1-5-7-8-10(6-2)11-12-9(3)13-14(11)4/h10H,5-8H2,1-4H3. The van der Waals surface area contributed by atoms with E-state index in [1.54, 1.807) is 0 Å². The highest BCUT2D eigenvalue weighted by atomic mass is 15.3. The van der Waals surface area contributed by atoms with Crippen molar-refractivity contribution in [1.29, 1.82) is 0 Å². The van der Waals surface area contributed by atoms with Crippen LogP contribution in [0.1, 0.15) is 57.1 Å². The first-order valence-electron chi connectivity index (χ1n) is 5.56. The van der Waals surface area contributed by atoms with Gasteiger partial charge in [-0.25, -0.2) is 4.98 Å². The van der Waals surface area contributed by atoms with Crippen molar-refractivity contribution in [3.63, 3.8) is 0 Å². The van der Waals surface area contributed by atoms with E-state index in [9.17, 15) is 0 Å². The molecule has 0 N–H and O–H groups in total. The molecule has 0 bridgehead atoms. The van der Waals surface area contributed by atoms with Gasteiger partial charge in [0.05, 0.1) is 0 Å². The van der Waals surface area contributed by atoms with Gasteiger partial charge in [0.25, 0.3) is 0 Å². The van der Waals surface area contributed by atoms with Crippen LogP contribution in [0, 0.1) is 6.92 Å². The summed E-state index contributed by atoms with van der Waals surface area (Å²) in [6.45, 7) is 6.41. The highest BCUT2D eigenvalue weighted by molar-refractivity contribution is 4.98. The number of unbranched alkanes of at least 4 members (excludes halogenated alkanes) is 1. The Morgan fingerprint density at radius 3 is 2.50 bits per heavy atom. The minimum atomic E-state index is 0.584. The van der Waals surface area contributed by atoms with E-state index in [-0.39, 0.29) is 0 Å². The van der Waals surface area contributed by atoms with Gasteiger partial charge in [-0.1, -0.05) is 26.7 Å². The first-order chi connectivity index (χ1) is 6.69. The minimum Gasteiger partial charge on any atom is -0.253 e. The Bertz CT molecular complexity index is 278. The summed E-state index contributed by atoms with van der Waals surface area (Å²) in [4.78, 5) is 4.49. The second-order valence-electron chi connectivity index (χ2n) is 3.89. The quantitative estimate of drug-likeness (QED) is 0.723. The Hall–Kier alpha value is -0.860. The maximum absolute atomic E-state index is 4.49. The number of hydrogen-bond acceptors (Lipinski definition) is 2. The Kier molecular flexibility index (Phi) is 4.11. The molecule has 0 fully saturated rings. The summed E-state index contributed by atoms with van der Waals surface area (Å²) in [6.07, 6.45) is 4.93. The fourth-order valence-electron chi connectivity index (χ4n) is 1.85. The normalized spacial score (nSPS) is 13.1. The summed E-state index contributed by atoms with van der Waals surface area (Å²) >= 11 is 0. The highest BCUT2D eigenvalue weighted by Gasteiger charge is 2.15. The molecule has 0 aromatic carbocycles. The average Bonchev–Trinajstić information content (AvgIpc) is 2.47. The van der Waals surface area contributed by atoms with Crippen molar-refractivity contribution in [1.82, 2.24) is 14.8 Å². The van der Waals surface area contributed by atoms with E-state index in [1.807, 2.05) is 18.7 Å². The lowest BCUT2D eigenvalue weighted by molar-refractivity contribution is 0.516. The molecule has 0 radical (unpaired) electrons. The van der Waals surface area contributed by atoms with Gasteiger partial charge in [0, 0.05) is 13.0 Å².